The first-order chi connectivity index (χ1) is 13.5. The maximum atomic E-state index is 12.4. The number of carbonyl (C=O) groups excluding carboxylic acids is 1. The Morgan fingerprint density at radius 3 is 2.50 bits per heavy atom. The van der Waals surface area contributed by atoms with Gasteiger partial charge in [0.25, 0.3) is 0 Å². The normalized spacial score (nSPS) is 10.4. The quantitative estimate of drug-likeness (QED) is 0.636. The standard InChI is InChI=1S/C20H21ClN4O3/c1-13-10-19(24-25(13)12-14-4-6-15(21)7-5-14)23-20(26)22-17-11-16(27-2)8-9-18(17)28-3/h4-11H,12H2,1-3H3,(H2,22,23,24,26). The number of anilines is 2. The molecule has 0 radical (unpaired) electrons. The Morgan fingerprint density at radius 1 is 1.07 bits per heavy atom. The molecule has 0 aliphatic heterocycles. The molecule has 0 saturated carbocycles. The summed E-state index contributed by atoms with van der Waals surface area (Å²) in [4.78, 5) is 12.4. The van der Waals surface area contributed by atoms with Gasteiger partial charge in [0.2, 0.25) is 0 Å². The molecule has 0 atom stereocenters. The van der Waals surface area contributed by atoms with Gasteiger partial charge in [-0.2, -0.15) is 5.10 Å². The number of benzene rings is 2. The molecule has 0 spiro atoms. The molecule has 3 rings (SSSR count). The van der Waals surface area contributed by atoms with Crippen molar-refractivity contribution >= 4 is 29.1 Å². The van der Waals surface area contributed by atoms with Gasteiger partial charge in [0, 0.05) is 22.8 Å². The van der Waals surface area contributed by atoms with Crippen LogP contribution >= 0.6 is 11.6 Å². The van der Waals surface area contributed by atoms with Gasteiger partial charge in [0.05, 0.1) is 26.5 Å². The SMILES string of the molecule is COc1ccc(OC)c(NC(=O)Nc2cc(C)n(Cc3ccc(Cl)cc3)n2)c1. The summed E-state index contributed by atoms with van der Waals surface area (Å²) >= 11 is 5.92. The zero-order chi connectivity index (χ0) is 20.1. The molecule has 0 aliphatic carbocycles. The monoisotopic (exact) mass is 400 g/mol. The van der Waals surface area contributed by atoms with Crippen LogP contribution in [-0.4, -0.2) is 30.0 Å². The highest BCUT2D eigenvalue weighted by Gasteiger charge is 2.12. The van der Waals surface area contributed by atoms with E-state index in [0.717, 1.165) is 11.3 Å². The maximum absolute atomic E-state index is 12.4. The predicted octanol–water partition coefficient (Wildman–Crippen LogP) is 4.55. The van der Waals surface area contributed by atoms with Crippen LogP contribution in [0.25, 0.3) is 0 Å². The second-order valence-electron chi connectivity index (χ2n) is 6.10. The lowest BCUT2D eigenvalue weighted by molar-refractivity contribution is 0.262. The third-order valence-corrected chi connectivity index (χ3v) is 4.38. The second-order valence-corrected chi connectivity index (χ2v) is 6.54. The molecule has 2 aromatic carbocycles. The Kier molecular flexibility index (Phi) is 6.06. The van der Waals surface area contributed by atoms with Gasteiger partial charge >= 0.3 is 6.03 Å². The van der Waals surface area contributed by atoms with Gasteiger partial charge in [0.15, 0.2) is 5.82 Å². The number of aromatic nitrogens is 2. The average molecular weight is 401 g/mol. The van der Waals surface area contributed by atoms with Crippen LogP contribution in [0.3, 0.4) is 0 Å². The van der Waals surface area contributed by atoms with E-state index >= 15 is 0 Å². The number of methoxy groups -OCH3 is 2. The van der Waals surface area contributed by atoms with Gasteiger partial charge < -0.3 is 14.8 Å². The molecule has 1 aromatic heterocycles. The van der Waals surface area contributed by atoms with Gasteiger partial charge in [0.1, 0.15) is 11.5 Å². The molecule has 0 unspecified atom stereocenters. The molecular formula is C20H21ClN4O3. The summed E-state index contributed by atoms with van der Waals surface area (Å²) < 4.78 is 12.3. The summed E-state index contributed by atoms with van der Waals surface area (Å²) in [7, 11) is 3.09. The third kappa shape index (κ3) is 4.75. The molecule has 0 fully saturated rings. The van der Waals surface area contributed by atoms with E-state index in [0.29, 0.717) is 34.6 Å². The van der Waals surface area contributed by atoms with Crippen molar-refractivity contribution in [3.63, 3.8) is 0 Å². The van der Waals surface area contributed by atoms with Crippen LogP contribution < -0.4 is 20.1 Å². The van der Waals surface area contributed by atoms with Crippen molar-refractivity contribution in [1.29, 1.82) is 0 Å². The molecule has 8 heteroatoms. The summed E-state index contributed by atoms with van der Waals surface area (Å²) in [5, 5.41) is 10.6. The number of nitrogens with zero attached hydrogens (tertiary/aromatic N) is 2. The minimum absolute atomic E-state index is 0.428. The maximum Gasteiger partial charge on any atom is 0.325 e. The van der Waals surface area contributed by atoms with E-state index in [1.165, 1.54) is 7.11 Å². The van der Waals surface area contributed by atoms with Crippen LogP contribution in [0.1, 0.15) is 11.3 Å². The van der Waals surface area contributed by atoms with E-state index in [4.69, 9.17) is 21.1 Å². The lowest BCUT2D eigenvalue weighted by Gasteiger charge is -2.11. The summed E-state index contributed by atoms with van der Waals surface area (Å²) in [6.07, 6.45) is 0. The molecule has 28 heavy (non-hydrogen) atoms. The van der Waals surface area contributed by atoms with E-state index in [9.17, 15) is 4.79 Å². The van der Waals surface area contributed by atoms with Crippen molar-refractivity contribution in [2.75, 3.05) is 24.9 Å². The lowest BCUT2D eigenvalue weighted by Crippen LogP contribution is -2.20. The largest absolute Gasteiger partial charge is 0.497 e. The summed E-state index contributed by atoms with van der Waals surface area (Å²) in [6.45, 7) is 2.51. The predicted molar refractivity (Wildman–Crippen MR) is 110 cm³/mol. The highest BCUT2D eigenvalue weighted by molar-refractivity contribution is 6.30. The van der Waals surface area contributed by atoms with Gasteiger partial charge in [-0.05, 0) is 36.8 Å². The Labute approximate surface area is 168 Å². The molecule has 146 valence electrons. The number of halogens is 1. The van der Waals surface area contributed by atoms with E-state index in [2.05, 4.69) is 15.7 Å². The van der Waals surface area contributed by atoms with Crippen LogP contribution in [0.15, 0.2) is 48.5 Å². The smallest absolute Gasteiger partial charge is 0.325 e. The number of ether oxygens (including phenoxy) is 2. The first-order valence-electron chi connectivity index (χ1n) is 8.57. The third-order valence-electron chi connectivity index (χ3n) is 4.12. The van der Waals surface area contributed by atoms with Gasteiger partial charge in [-0.1, -0.05) is 23.7 Å². The first-order valence-corrected chi connectivity index (χ1v) is 8.95. The molecular weight excluding hydrogens is 380 g/mol. The highest BCUT2D eigenvalue weighted by Crippen LogP contribution is 2.29. The Balaban J connectivity index is 1.69. The molecule has 0 bridgehead atoms. The minimum Gasteiger partial charge on any atom is -0.497 e. The van der Waals surface area contributed by atoms with Crippen molar-refractivity contribution in [1.82, 2.24) is 9.78 Å². The zero-order valence-electron chi connectivity index (χ0n) is 15.8. The highest BCUT2D eigenvalue weighted by atomic mass is 35.5. The van der Waals surface area contributed by atoms with Crippen molar-refractivity contribution < 1.29 is 14.3 Å². The molecule has 2 N–H and O–H groups in total. The van der Waals surface area contributed by atoms with Crippen molar-refractivity contribution in [2.45, 2.75) is 13.5 Å². The lowest BCUT2D eigenvalue weighted by atomic mass is 10.2. The average Bonchev–Trinajstić information content (AvgIpc) is 3.02. The molecule has 0 aliphatic rings. The second kappa shape index (κ2) is 8.67. The molecule has 3 aromatic rings. The molecule has 2 amide bonds. The fourth-order valence-electron chi connectivity index (χ4n) is 2.68. The minimum atomic E-state index is -0.428. The summed E-state index contributed by atoms with van der Waals surface area (Å²) in [5.41, 5.74) is 2.48. The number of rotatable bonds is 6. The van der Waals surface area contributed by atoms with Gasteiger partial charge in [-0.25, -0.2) is 4.79 Å². The van der Waals surface area contributed by atoms with E-state index in [1.54, 1.807) is 31.4 Å². The fraction of sp³-hybridized carbons (Fsp3) is 0.200. The van der Waals surface area contributed by atoms with Crippen LogP contribution in [0.2, 0.25) is 5.02 Å². The summed E-state index contributed by atoms with van der Waals surface area (Å²) in [5.74, 6) is 1.59. The number of hydrogen-bond donors (Lipinski definition) is 2. The molecule has 1 heterocycles. The van der Waals surface area contributed by atoms with Crippen LogP contribution in [0.4, 0.5) is 16.3 Å². The number of urea groups is 1. The fourth-order valence-corrected chi connectivity index (χ4v) is 2.80. The van der Waals surface area contributed by atoms with Crippen LogP contribution in [-0.2, 0) is 6.54 Å². The number of hydrogen-bond acceptors (Lipinski definition) is 4. The number of nitrogens with one attached hydrogen (secondary N) is 2. The topological polar surface area (TPSA) is 77.4 Å². The summed E-state index contributed by atoms with van der Waals surface area (Å²) in [6, 6.07) is 14.1. The van der Waals surface area contributed by atoms with Gasteiger partial charge in [-0.15, -0.1) is 0 Å². The van der Waals surface area contributed by atoms with E-state index in [-0.39, 0.29) is 0 Å². The van der Waals surface area contributed by atoms with E-state index in [1.807, 2.05) is 35.9 Å². The van der Waals surface area contributed by atoms with Crippen LogP contribution in [0.5, 0.6) is 11.5 Å². The van der Waals surface area contributed by atoms with Crippen molar-refractivity contribution in [2.24, 2.45) is 0 Å². The van der Waals surface area contributed by atoms with Crippen LogP contribution in [0, 0.1) is 6.92 Å². The number of amides is 2. The molecule has 0 saturated heterocycles. The first kappa shape index (κ1) is 19.6. The number of aryl methyl sites for hydroxylation is 1. The Bertz CT molecular complexity index is 970. The van der Waals surface area contributed by atoms with Gasteiger partial charge in [-0.3, -0.25) is 10.00 Å². The Morgan fingerprint density at radius 2 is 1.82 bits per heavy atom. The zero-order valence-corrected chi connectivity index (χ0v) is 16.6. The Hall–Kier alpha value is -3.19. The molecule has 7 nitrogen and oxygen atoms in total. The number of carbonyl (C=O) groups is 1. The van der Waals surface area contributed by atoms with Crippen molar-refractivity contribution in [3.8, 4) is 11.5 Å². The van der Waals surface area contributed by atoms with Crippen molar-refractivity contribution in [3.05, 3.63) is 64.8 Å². The van der Waals surface area contributed by atoms with E-state index < -0.39 is 6.03 Å².